The van der Waals surface area contributed by atoms with Crippen LogP contribution in [-0.4, -0.2) is 23.5 Å². The van der Waals surface area contributed by atoms with Gasteiger partial charge in [0.2, 0.25) is 5.91 Å². The summed E-state index contributed by atoms with van der Waals surface area (Å²) in [7, 11) is 0. The largest absolute Gasteiger partial charge is 0.466 e. The fraction of sp³-hybridized carbons (Fsp3) is 0.500. The quantitative estimate of drug-likeness (QED) is 0.772. The zero-order chi connectivity index (χ0) is 12.8. The highest BCUT2D eigenvalue weighted by molar-refractivity contribution is 7.19. The van der Waals surface area contributed by atoms with Gasteiger partial charge < -0.3 is 15.8 Å². The van der Waals surface area contributed by atoms with E-state index in [0.717, 1.165) is 11.3 Å². The van der Waals surface area contributed by atoms with E-state index in [1.807, 2.05) is 0 Å². The maximum absolute atomic E-state index is 11.3. The Morgan fingerprint density at radius 2 is 2.18 bits per heavy atom. The molecule has 0 radical (unpaired) electrons. The van der Waals surface area contributed by atoms with Crippen molar-refractivity contribution in [2.24, 2.45) is 0 Å². The summed E-state index contributed by atoms with van der Waals surface area (Å²) in [6.45, 7) is 3.79. The Morgan fingerprint density at radius 1 is 1.47 bits per heavy atom. The number of carbonyl (C=O) groups is 2. The fourth-order valence-corrected chi connectivity index (χ4v) is 1.86. The van der Waals surface area contributed by atoms with Gasteiger partial charge in [-0.2, -0.15) is 0 Å². The van der Waals surface area contributed by atoms with E-state index in [2.05, 4.69) is 10.3 Å². The van der Waals surface area contributed by atoms with E-state index in [-0.39, 0.29) is 18.3 Å². The molecule has 0 saturated carbocycles. The number of carbonyl (C=O) groups excluding carboxylic acids is 2. The molecule has 94 valence electrons. The van der Waals surface area contributed by atoms with Crippen molar-refractivity contribution in [3.8, 4) is 0 Å². The topological polar surface area (TPSA) is 94.3 Å². The number of ether oxygens (including phenoxy) is 1. The van der Waals surface area contributed by atoms with Crippen LogP contribution >= 0.6 is 11.3 Å². The van der Waals surface area contributed by atoms with E-state index in [9.17, 15) is 9.59 Å². The molecule has 0 bridgehead atoms. The van der Waals surface area contributed by atoms with E-state index in [4.69, 9.17) is 10.5 Å². The monoisotopic (exact) mass is 257 g/mol. The number of hydrogen-bond acceptors (Lipinski definition) is 6. The molecular formula is C10H15N3O3S. The van der Waals surface area contributed by atoms with E-state index in [1.165, 1.54) is 0 Å². The van der Waals surface area contributed by atoms with Gasteiger partial charge in [-0.05, 0) is 6.92 Å². The Balaban J connectivity index is 2.68. The van der Waals surface area contributed by atoms with Crippen LogP contribution in [0.4, 0.5) is 10.1 Å². The maximum Gasteiger partial charge on any atom is 0.311 e. The average molecular weight is 257 g/mol. The molecule has 0 aliphatic heterocycles. The minimum atomic E-state index is -0.377. The van der Waals surface area contributed by atoms with Crippen LogP contribution in [0.1, 0.15) is 26.0 Å². The minimum Gasteiger partial charge on any atom is -0.466 e. The van der Waals surface area contributed by atoms with Gasteiger partial charge in [-0.15, -0.1) is 0 Å². The van der Waals surface area contributed by atoms with Crippen LogP contribution in [0.5, 0.6) is 0 Å². The first-order valence-electron chi connectivity index (χ1n) is 5.27. The van der Waals surface area contributed by atoms with Crippen molar-refractivity contribution >= 4 is 33.3 Å². The summed E-state index contributed by atoms with van der Waals surface area (Å²) in [5.74, 6) is -0.515. The first kappa shape index (κ1) is 13.4. The van der Waals surface area contributed by atoms with Crippen LogP contribution < -0.4 is 11.1 Å². The molecule has 0 unspecified atom stereocenters. The molecule has 0 saturated heterocycles. The SMILES string of the molecule is CCOC(=O)Cc1nc(NC(=O)CC)sc1N. The zero-order valence-corrected chi connectivity index (χ0v) is 10.6. The molecule has 0 atom stereocenters. The van der Waals surface area contributed by atoms with Crippen LogP contribution in [0.2, 0.25) is 0 Å². The number of nitrogen functional groups attached to an aromatic ring is 1. The lowest BCUT2D eigenvalue weighted by molar-refractivity contribution is -0.142. The predicted octanol–water partition coefficient (Wildman–Crippen LogP) is 1.18. The van der Waals surface area contributed by atoms with Crippen molar-refractivity contribution in [2.45, 2.75) is 26.7 Å². The van der Waals surface area contributed by atoms with Gasteiger partial charge in [0.25, 0.3) is 0 Å². The van der Waals surface area contributed by atoms with Crippen LogP contribution in [-0.2, 0) is 20.7 Å². The van der Waals surface area contributed by atoms with E-state index < -0.39 is 0 Å². The number of rotatable bonds is 5. The van der Waals surface area contributed by atoms with Crippen LogP contribution in [0.25, 0.3) is 0 Å². The van der Waals surface area contributed by atoms with Crippen LogP contribution in [0.15, 0.2) is 0 Å². The first-order valence-corrected chi connectivity index (χ1v) is 6.09. The number of nitrogens with one attached hydrogen (secondary N) is 1. The van der Waals surface area contributed by atoms with E-state index in [0.29, 0.717) is 28.9 Å². The molecule has 1 heterocycles. The second kappa shape index (κ2) is 6.19. The molecule has 1 aromatic rings. The molecule has 6 nitrogen and oxygen atoms in total. The normalized spacial score (nSPS) is 10.0. The first-order chi connectivity index (χ1) is 8.06. The second-order valence-electron chi connectivity index (χ2n) is 3.21. The molecular weight excluding hydrogens is 242 g/mol. The van der Waals surface area contributed by atoms with Gasteiger partial charge in [-0.3, -0.25) is 9.59 Å². The number of anilines is 2. The van der Waals surface area contributed by atoms with Crippen molar-refractivity contribution in [1.29, 1.82) is 0 Å². The number of hydrogen-bond donors (Lipinski definition) is 2. The molecule has 1 aromatic heterocycles. The van der Waals surface area contributed by atoms with Gasteiger partial charge in [-0.1, -0.05) is 18.3 Å². The highest BCUT2D eigenvalue weighted by Gasteiger charge is 2.14. The lowest BCUT2D eigenvalue weighted by Crippen LogP contribution is -2.10. The Morgan fingerprint density at radius 3 is 2.76 bits per heavy atom. The number of amides is 1. The van der Waals surface area contributed by atoms with Gasteiger partial charge in [0.05, 0.1) is 18.7 Å². The van der Waals surface area contributed by atoms with Crippen molar-refractivity contribution in [3.63, 3.8) is 0 Å². The Kier molecular flexibility index (Phi) is 4.89. The van der Waals surface area contributed by atoms with Crippen molar-refractivity contribution in [3.05, 3.63) is 5.69 Å². The van der Waals surface area contributed by atoms with Gasteiger partial charge in [0.15, 0.2) is 5.13 Å². The molecule has 1 amide bonds. The number of thiazole rings is 1. The predicted molar refractivity (Wildman–Crippen MR) is 65.8 cm³/mol. The zero-order valence-electron chi connectivity index (χ0n) is 9.78. The summed E-state index contributed by atoms with van der Waals surface area (Å²) in [6, 6.07) is 0. The minimum absolute atomic E-state index is 0.0260. The van der Waals surface area contributed by atoms with Gasteiger partial charge in [-0.25, -0.2) is 4.98 Å². The van der Waals surface area contributed by atoms with E-state index >= 15 is 0 Å². The third-order valence-corrected chi connectivity index (χ3v) is 2.75. The molecule has 0 spiro atoms. The van der Waals surface area contributed by atoms with Crippen LogP contribution in [0.3, 0.4) is 0 Å². The summed E-state index contributed by atoms with van der Waals surface area (Å²) < 4.78 is 4.80. The summed E-state index contributed by atoms with van der Waals surface area (Å²) in [6.07, 6.45) is 0.394. The Labute approximate surface area is 103 Å². The third-order valence-electron chi connectivity index (χ3n) is 1.91. The van der Waals surface area contributed by atoms with Crippen LogP contribution in [0, 0.1) is 0 Å². The standard InChI is InChI=1S/C10H15N3O3S/c1-3-7(14)13-10-12-6(9(11)17-10)5-8(15)16-4-2/h3-5,11H2,1-2H3,(H,12,13,14). The Bertz CT molecular complexity index is 417. The maximum atomic E-state index is 11.3. The third kappa shape index (κ3) is 4.03. The average Bonchev–Trinajstić information content (AvgIpc) is 2.59. The van der Waals surface area contributed by atoms with Crippen molar-refractivity contribution < 1.29 is 14.3 Å². The lowest BCUT2D eigenvalue weighted by atomic mass is 10.3. The molecule has 0 aliphatic rings. The summed E-state index contributed by atoms with van der Waals surface area (Å²) in [5, 5.41) is 3.43. The number of nitrogens with two attached hydrogens (primary N) is 1. The van der Waals surface area contributed by atoms with Gasteiger partial charge in [0.1, 0.15) is 5.00 Å². The smallest absolute Gasteiger partial charge is 0.311 e. The molecule has 0 aliphatic carbocycles. The molecule has 7 heteroatoms. The fourth-order valence-electron chi connectivity index (χ4n) is 1.10. The van der Waals surface area contributed by atoms with Crippen molar-refractivity contribution in [2.75, 3.05) is 17.7 Å². The lowest BCUT2D eigenvalue weighted by Gasteiger charge is -1.99. The molecule has 1 rings (SSSR count). The molecule has 0 aromatic carbocycles. The Hall–Kier alpha value is -1.63. The van der Waals surface area contributed by atoms with E-state index in [1.54, 1.807) is 13.8 Å². The molecule has 0 fully saturated rings. The number of aromatic nitrogens is 1. The summed E-state index contributed by atoms with van der Waals surface area (Å²) in [4.78, 5) is 26.5. The highest BCUT2D eigenvalue weighted by atomic mass is 32.1. The van der Waals surface area contributed by atoms with Crippen molar-refractivity contribution in [1.82, 2.24) is 4.98 Å². The number of nitrogens with zero attached hydrogens (tertiary/aromatic N) is 1. The van der Waals surface area contributed by atoms with Gasteiger partial charge >= 0.3 is 5.97 Å². The summed E-state index contributed by atoms with van der Waals surface area (Å²) >= 11 is 1.15. The molecule has 17 heavy (non-hydrogen) atoms. The van der Waals surface area contributed by atoms with Gasteiger partial charge in [0, 0.05) is 6.42 Å². The highest BCUT2D eigenvalue weighted by Crippen LogP contribution is 2.25. The number of esters is 1. The molecule has 3 N–H and O–H groups in total. The summed E-state index contributed by atoms with van der Waals surface area (Å²) in [5.41, 5.74) is 6.14. The second-order valence-corrected chi connectivity index (χ2v) is 4.24.